The Labute approximate surface area is 139 Å². The number of para-hydroxylation sites is 1. The van der Waals surface area contributed by atoms with Gasteiger partial charge in [-0.25, -0.2) is 10.1 Å². The number of carbonyl (C=O) groups excluding carboxylic acids is 1. The van der Waals surface area contributed by atoms with Crippen LogP contribution in [0.1, 0.15) is 33.1 Å². The van der Waals surface area contributed by atoms with E-state index in [9.17, 15) is 4.79 Å². The monoisotopic (exact) mass is 322 g/mol. The van der Waals surface area contributed by atoms with Gasteiger partial charge < -0.3 is 4.42 Å². The lowest BCUT2D eigenvalue weighted by Crippen LogP contribution is -2.17. The lowest BCUT2D eigenvalue weighted by Gasteiger charge is -2.03. The predicted molar refractivity (Wildman–Crippen MR) is 91.5 cm³/mol. The van der Waals surface area contributed by atoms with E-state index in [1.165, 1.54) is 6.26 Å². The molecule has 24 heavy (non-hydrogen) atoms. The fourth-order valence-electron chi connectivity index (χ4n) is 2.50. The zero-order valence-corrected chi connectivity index (χ0v) is 13.8. The molecule has 1 amide bonds. The van der Waals surface area contributed by atoms with Crippen molar-refractivity contribution in [1.29, 1.82) is 0 Å². The van der Waals surface area contributed by atoms with Crippen molar-refractivity contribution in [3.05, 3.63) is 70.9 Å². The fourth-order valence-corrected chi connectivity index (χ4v) is 2.50. The summed E-state index contributed by atoms with van der Waals surface area (Å²) in [7, 11) is 0. The highest BCUT2D eigenvalue weighted by Gasteiger charge is 2.12. The SMILES string of the molecule is Cc1nn(-c2ccccc2)c(C)c1C=NNC(=O)c1ccoc1C. The molecular weight excluding hydrogens is 304 g/mol. The quantitative estimate of drug-likeness (QED) is 0.592. The van der Waals surface area contributed by atoms with Gasteiger partial charge in [0.25, 0.3) is 5.91 Å². The van der Waals surface area contributed by atoms with E-state index in [2.05, 4.69) is 15.6 Å². The highest BCUT2D eigenvalue weighted by molar-refractivity contribution is 5.95. The topological polar surface area (TPSA) is 72.4 Å². The molecular formula is C18H18N4O2. The van der Waals surface area contributed by atoms with Crippen LogP contribution in [-0.4, -0.2) is 21.9 Å². The molecule has 0 unspecified atom stereocenters. The van der Waals surface area contributed by atoms with E-state index < -0.39 is 0 Å². The Hall–Kier alpha value is -3.15. The van der Waals surface area contributed by atoms with Crippen LogP contribution in [0.5, 0.6) is 0 Å². The number of aryl methyl sites for hydroxylation is 2. The number of nitrogens with zero attached hydrogens (tertiary/aromatic N) is 3. The van der Waals surface area contributed by atoms with E-state index in [-0.39, 0.29) is 5.91 Å². The number of amides is 1. The first-order valence-electron chi connectivity index (χ1n) is 7.57. The van der Waals surface area contributed by atoms with Crippen LogP contribution >= 0.6 is 0 Å². The summed E-state index contributed by atoms with van der Waals surface area (Å²) < 4.78 is 6.97. The van der Waals surface area contributed by atoms with E-state index in [0.29, 0.717) is 11.3 Å². The molecule has 0 saturated carbocycles. The molecule has 3 aromatic rings. The van der Waals surface area contributed by atoms with Crippen molar-refractivity contribution in [2.45, 2.75) is 20.8 Å². The van der Waals surface area contributed by atoms with E-state index in [1.807, 2.05) is 48.9 Å². The third-order valence-electron chi connectivity index (χ3n) is 3.81. The molecule has 0 fully saturated rings. The van der Waals surface area contributed by atoms with E-state index in [4.69, 9.17) is 4.42 Å². The van der Waals surface area contributed by atoms with Crippen LogP contribution in [0.4, 0.5) is 0 Å². The predicted octanol–water partition coefficient (Wildman–Crippen LogP) is 3.15. The Bertz CT molecular complexity index is 891. The molecule has 2 heterocycles. The zero-order chi connectivity index (χ0) is 17.1. The Balaban J connectivity index is 1.80. The van der Waals surface area contributed by atoms with Crippen LogP contribution in [0.2, 0.25) is 0 Å². The maximum Gasteiger partial charge on any atom is 0.274 e. The van der Waals surface area contributed by atoms with Crippen LogP contribution in [0.25, 0.3) is 5.69 Å². The second-order valence-corrected chi connectivity index (χ2v) is 5.42. The minimum absolute atomic E-state index is 0.303. The fraction of sp³-hybridized carbons (Fsp3) is 0.167. The summed E-state index contributed by atoms with van der Waals surface area (Å²) in [5, 5.41) is 8.59. The van der Waals surface area contributed by atoms with Crippen molar-refractivity contribution >= 4 is 12.1 Å². The normalized spacial score (nSPS) is 11.1. The minimum Gasteiger partial charge on any atom is -0.469 e. The maximum absolute atomic E-state index is 12.0. The molecule has 1 N–H and O–H groups in total. The van der Waals surface area contributed by atoms with Gasteiger partial charge in [0.05, 0.1) is 35.1 Å². The average Bonchev–Trinajstić information content (AvgIpc) is 3.13. The first kappa shape index (κ1) is 15.7. The number of aromatic nitrogens is 2. The molecule has 6 nitrogen and oxygen atoms in total. The minimum atomic E-state index is -0.303. The van der Waals surface area contributed by atoms with Crippen molar-refractivity contribution in [3.63, 3.8) is 0 Å². The van der Waals surface area contributed by atoms with E-state index >= 15 is 0 Å². The number of benzene rings is 1. The van der Waals surface area contributed by atoms with Gasteiger partial charge in [0.1, 0.15) is 5.76 Å². The van der Waals surface area contributed by atoms with E-state index in [0.717, 1.165) is 22.6 Å². The Morgan fingerprint density at radius 3 is 2.62 bits per heavy atom. The molecule has 0 saturated heterocycles. The number of hydrogen-bond acceptors (Lipinski definition) is 4. The summed E-state index contributed by atoms with van der Waals surface area (Å²) in [4.78, 5) is 12.0. The first-order chi connectivity index (χ1) is 11.6. The summed E-state index contributed by atoms with van der Waals surface area (Å²) in [6, 6.07) is 11.5. The second-order valence-electron chi connectivity index (χ2n) is 5.42. The first-order valence-corrected chi connectivity index (χ1v) is 7.57. The molecule has 0 bridgehead atoms. The molecule has 0 atom stereocenters. The lowest BCUT2D eigenvalue weighted by atomic mass is 10.2. The zero-order valence-electron chi connectivity index (χ0n) is 13.8. The van der Waals surface area contributed by atoms with Crippen molar-refractivity contribution in [2.75, 3.05) is 0 Å². The van der Waals surface area contributed by atoms with Crippen molar-refractivity contribution in [1.82, 2.24) is 15.2 Å². The van der Waals surface area contributed by atoms with Crippen LogP contribution in [-0.2, 0) is 0 Å². The smallest absolute Gasteiger partial charge is 0.274 e. The number of hydrogen-bond donors (Lipinski definition) is 1. The van der Waals surface area contributed by atoms with Gasteiger partial charge in [-0.1, -0.05) is 18.2 Å². The van der Waals surface area contributed by atoms with Gasteiger partial charge in [-0.15, -0.1) is 0 Å². The largest absolute Gasteiger partial charge is 0.469 e. The summed E-state index contributed by atoms with van der Waals surface area (Å²) >= 11 is 0. The van der Waals surface area contributed by atoms with Gasteiger partial charge in [0.15, 0.2) is 0 Å². The standard InChI is InChI=1S/C18H18N4O2/c1-12-17(11-19-20-18(23)16-9-10-24-14(16)3)13(2)22(21-12)15-7-5-4-6-8-15/h4-11H,1-3H3,(H,20,23). The highest BCUT2D eigenvalue weighted by Crippen LogP contribution is 2.16. The summed E-state index contributed by atoms with van der Waals surface area (Å²) in [6.07, 6.45) is 3.09. The van der Waals surface area contributed by atoms with Crippen LogP contribution in [0.3, 0.4) is 0 Å². The number of carbonyl (C=O) groups is 1. The van der Waals surface area contributed by atoms with Crippen LogP contribution in [0.15, 0.2) is 52.2 Å². The molecule has 122 valence electrons. The van der Waals surface area contributed by atoms with Crippen molar-refractivity contribution in [3.8, 4) is 5.69 Å². The number of rotatable bonds is 4. The molecule has 0 spiro atoms. The second kappa shape index (κ2) is 6.54. The lowest BCUT2D eigenvalue weighted by molar-refractivity contribution is 0.0953. The van der Waals surface area contributed by atoms with Crippen LogP contribution in [0, 0.1) is 20.8 Å². The van der Waals surface area contributed by atoms with Gasteiger partial charge >= 0.3 is 0 Å². The molecule has 0 aliphatic rings. The summed E-state index contributed by atoms with van der Waals surface area (Å²) in [6.45, 7) is 5.61. The molecule has 3 rings (SSSR count). The third kappa shape index (κ3) is 2.99. The Morgan fingerprint density at radius 2 is 1.96 bits per heavy atom. The Morgan fingerprint density at radius 1 is 1.21 bits per heavy atom. The summed E-state index contributed by atoms with van der Waals surface area (Å²) in [5.74, 6) is 0.259. The van der Waals surface area contributed by atoms with Crippen LogP contribution < -0.4 is 5.43 Å². The number of hydrazone groups is 1. The van der Waals surface area contributed by atoms with Crippen molar-refractivity contribution < 1.29 is 9.21 Å². The molecule has 2 aromatic heterocycles. The van der Waals surface area contributed by atoms with Gasteiger partial charge in [-0.3, -0.25) is 4.79 Å². The van der Waals surface area contributed by atoms with Gasteiger partial charge in [-0.2, -0.15) is 10.2 Å². The maximum atomic E-state index is 12.0. The molecule has 0 radical (unpaired) electrons. The number of furan rings is 1. The Kier molecular flexibility index (Phi) is 4.29. The molecule has 0 aliphatic carbocycles. The highest BCUT2D eigenvalue weighted by atomic mass is 16.3. The molecule has 0 aliphatic heterocycles. The third-order valence-corrected chi connectivity index (χ3v) is 3.81. The summed E-state index contributed by atoms with van der Waals surface area (Å²) in [5.41, 5.74) is 6.64. The average molecular weight is 322 g/mol. The van der Waals surface area contributed by atoms with Gasteiger partial charge in [0.2, 0.25) is 0 Å². The van der Waals surface area contributed by atoms with E-state index in [1.54, 1.807) is 19.2 Å². The van der Waals surface area contributed by atoms with Gasteiger partial charge in [0, 0.05) is 5.56 Å². The number of nitrogens with one attached hydrogen (secondary N) is 1. The molecule has 1 aromatic carbocycles. The van der Waals surface area contributed by atoms with Gasteiger partial charge in [-0.05, 0) is 39.0 Å². The van der Waals surface area contributed by atoms with Crippen molar-refractivity contribution in [2.24, 2.45) is 5.10 Å². The molecule has 6 heteroatoms.